The van der Waals surface area contributed by atoms with Gasteiger partial charge in [-0.1, -0.05) is 12.1 Å². The number of Topliss-reactive ketones (excluding diaryl/α,β-unsaturated/α-hetero) is 1. The van der Waals surface area contributed by atoms with Gasteiger partial charge in [0, 0.05) is 37.3 Å². The molecule has 2 aromatic rings. The van der Waals surface area contributed by atoms with Crippen LogP contribution in [-0.2, 0) is 11.3 Å². The molecule has 166 valence electrons. The summed E-state index contributed by atoms with van der Waals surface area (Å²) in [5, 5.41) is 0. The summed E-state index contributed by atoms with van der Waals surface area (Å²) in [5.74, 6) is 0.441. The topological polar surface area (TPSA) is 59.1 Å². The van der Waals surface area contributed by atoms with E-state index in [1.807, 2.05) is 11.8 Å². The number of piperazine rings is 1. The Balaban J connectivity index is 1.59. The highest BCUT2D eigenvalue weighted by atomic mass is 19.1. The van der Waals surface area contributed by atoms with Crippen LogP contribution in [0.15, 0.2) is 42.5 Å². The zero-order chi connectivity index (χ0) is 22.5. The van der Waals surface area contributed by atoms with Crippen molar-refractivity contribution in [1.82, 2.24) is 9.80 Å². The number of hydrogen-bond donors (Lipinski definition) is 0. The van der Waals surface area contributed by atoms with Gasteiger partial charge >= 0.3 is 0 Å². The predicted molar refractivity (Wildman–Crippen MR) is 116 cm³/mol. The molecule has 0 spiro atoms. The van der Waals surface area contributed by atoms with Crippen molar-refractivity contribution < 1.29 is 23.5 Å². The summed E-state index contributed by atoms with van der Waals surface area (Å²) in [6, 6.07) is 11.6. The summed E-state index contributed by atoms with van der Waals surface area (Å²) in [4.78, 5) is 28.5. The molecule has 1 amide bonds. The average molecular weight is 429 g/mol. The van der Waals surface area contributed by atoms with E-state index in [1.165, 1.54) is 26.2 Å². The Bertz CT molecular complexity index is 932. The van der Waals surface area contributed by atoms with E-state index in [-0.39, 0.29) is 36.2 Å². The molecular formula is C24H29FN2O4. The van der Waals surface area contributed by atoms with Gasteiger partial charge < -0.3 is 14.4 Å². The van der Waals surface area contributed by atoms with Crippen molar-refractivity contribution in [1.29, 1.82) is 0 Å². The van der Waals surface area contributed by atoms with E-state index in [9.17, 15) is 14.0 Å². The third-order valence-electron chi connectivity index (χ3n) is 5.66. The molecule has 1 saturated heterocycles. The number of rotatable bonds is 7. The van der Waals surface area contributed by atoms with Gasteiger partial charge in [0.2, 0.25) is 0 Å². The predicted octanol–water partition coefficient (Wildman–Crippen LogP) is 3.54. The lowest BCUT2D eigenvalue weighted by Crippen LogP contribution is -2.58. The lowest BCUT2D eigenvalue weighted by atomic mass is 10.1. The van der Waals surface area contributed by atoms with Gasteiger partial charge in [0.25, 0.3) is 5.91 Å². The largest absolute Gasteiger partial charge is 0.493 e. The first kappa shape index (κ1) is 22.7. The van der Waals surface area contributed by atoms with E-state index in [4.69, 9.17) is 9.47 Å². The molecule has 0 unspecified atom stereocenters. The Morgan fingerprint density at radius 3 is 2.39 bits per heavy atom. The fourth-order valence-electron chi connectivity index (χ4n) is 3.82. The molecule has 1 heterocycles. The van der Waals surface area contributed by atoms with Crippen LogP contribution in [0.1, 0.15) is 36.7 Å². The van der Waals surface area contributed by atoms with Crippen LogP contribution < -0.4 is 9.47 Å². The molecule has 0 bridgehead atoms. The average Bonchev–Trinajstić information content (AvgIpc) is 2.75. The molecule has 6 nitrogen and oxygen atoms in total. The Morgan fingerprint density at radius 1 is 1.03 bits per heavy atom. The van der Waals surface area contributed by atoms with Crippen molar-refractivity contribution in [2.75, 3.05) is 26.8 Å². The van der Waals surface area contributed by atoms with E-state index in [2.05, 4.69) is 11.8 Å². The molecule has 31 heavy (non-hydrogen) atoms. The highest BCUT2D eigenvalue weighted by Crippen LogP contribution is 2.28. The minimum Gasteiger partial charge on any atom is -0.493 e. The summed E-state index contributed by atoms with van der Waals surface area (Å²) >= 11 is 0. The van der Waals surface area contributed by atoms with Gasteiger partial charge in [0.15, 0.2) is 23.9 Å². The number of hydrogen-bond acceptors (Lipinski definition) is 5. The van der Waals surface area contributed by atoms with Gasteiger partial charge in [-0.2, -0.15) is 0 Å². The molecule has 1 aliphatic heterocycles. The van der Waals surface area contributed by atoms with E-state index in [0.717, 1.165) is 12.1 Å². The van der Waals surface area contributed by atoms with Gasteiger partial charge in [-0.25, -0.2) is 4.39 Å². The number of methoxy groups -OCH3 is 1. The molecular weight excluding hydrogens is 399 g/mol. The van der Waals surface area contributed by atoms with Gasteiger partial charge in [-0.15, -0.1) is 0 Å². The number of ketones is 1. The minimum absolute atomic E-state index is 0.0229. The fourth-order valence-corrected chi connectivity index (χ4v) is 3.82. The molecule has 7 heteroatoms. The quantitative estimate of drug-likeness (QED) is 0.632. The first-order valence-corrected chi connectivity index (χ1v) is 10.4. The first-order valence-electron chi connectivity index (χ1n) is 10.4. The van der Waals surface area contributed by atoms with E-state index >= 15 is 0 Å². The zero-order valence-corrected chi connectivity index (χ0v) is 18.4. The van der Waals surface area contributed by atoms with E-state index < -0.39 is 0 Å². The van der Waals surface area contributed by atoms with Crippen molar-refractivity contribution in [3.8, 4) is 11.5 Å². The minimum atomic E-state index is -0.242. The maximum Gasteiger partial charge on any atom is 0.260 e. The van der Waals surface area contributed by atoms with E-state index in [1.54, 1.807) is 30.3 Å². The normalized spacial score (nSPS) is 19.2. The molecule has 3 rings (SSSR count). The van der Waals surface area contributed by atoms with Crippen molar-refractivity contribution in [3.63, 3.8) is 0 Å². The molecule has 0 aromatic heterocycles. The monoisotopic (exact) mass is 428 g/mol. The molecule has 1 aliphatic rings. The van der Waals surface area contributed by atoms with Crippen molar-refractivity contribution >= 4 is 11.7 Å². The number of carbonyl (C=O) groups is 2. The van der Waals surface area contributed by atoms with Crippen LogP contribution in [0.4, 0.5) is 4.39 Å². The fraction of sp³-hybridized carbons (Fsp3) is 0.417. The van der Waals surface area contributed by atoms with Crippen molar-refractivity contribution in [2.24, 2.45) is 0 Å². The van der Waals surface area contributed by atoms with Crippen molar-refractivity contribution in [3.05, 3.63) is 59.4 Å². The van der Waals surface area contributed by atoms with Crippen LogP contribution in [0, 0.1) is 5.82 Å². The lowest BCUT2D eigenvalue weighted by molar-refractivity contribution is -0.139. The van der Waals surface area contributed by atoms with Crippen LogP contribution in [0.3, 0.4) is 0 Å². The molecule has 2 aromatic carbocycles. The van der Waals surface area contributed by atoms with Crippen LogP contribution in [0.2, 0.25) is 0 Å². The Hall–Kier alpha value is -2.93. The summed E-state index contributed by atoms with van der Waals surface area (Å²) in [7, 11) is 1.50. The van der Waals surface area contributed by atoms with Gasteiger partial charge in [0.05, 0.1) is 7.11 Å². The summed E-state index contributed by atoms with van der Waals surface area (Å²) in [5.41, 5.74) is 1.57. The highest BCUT2D eigenvalue weighted by molar-refractivity contribution is 5.94. The molecule has 2 atom stereocenters. The standard InChI is InChI=1S/C24H29FN2O4/c1-16-13-27(17(2)12-26(16)14-19-5-8-21(25)9-6-19)24(29)15-31-22-10-7-20(18(3)28)11-23(22)30-4/h5-11,16-17H,12-15H2,1-4H3/t16-,17+/m1/s1. The maximum atomic E-state index is 13.1. The number of ether oxygens (including phenoxy) is 2. The van der Waals surface area contributed by atoms with Gasteiger partial charge in [0.1, 0.15) is 5.82 Å². The summed E-state index contributed by atoms with van der Waals surface area (Å²) in [6.45, 7) is 7.50. The molecule has 0 saturated carbocycles. The number of halogens is 1. The first-order chi connectivity index (χ1) is 14.8. The number of carbonyl (C=O) groups excluding carboxylic acids is 2. The molecule has 0 aliphatic carbocycles. The third-order valence-corrected chi connectivity index (χ3v) is 5.66. The van der Waals surface area contributed by atoms with Gasteiger partial charge in [-0.05, 0) is 56.7 Å². The Morgan fingerprint density at radius 2 is 1.74 bits per heavy atom. The second kappa shape index (κ2) is 9.92. The molecule has 1 fully saturated rings. The smallest absolute Gasteiger partial charge is 0.260 e. The van der Waals surface area contributed by atoms with Crippen molar-refractivity contribution in [2.45, 2.75) is 39.4 Å². The molecule has 0 radical (unpaired) electrons. The van der Waals surface area contributed by atoms with Crippen LogP contribution >= 0.6 is 0 Å². The third kappa shape index (κ3) is 5.61. The lowest BCUT2D eigenvalue weighted by Gasteiger charge is -2.44. The van der Waals surface area contributed by atoms with Crippen LogP contribution in [-0.4, -0.2) is 60.4 Å². The number of amides is 1. The van der Waals surface area contributed by atoms with Crippen LogP contribution in [0.5, 0.6) is 11.5 Å². The van der Waals surface area contributed by atoms with Crippen LogP contribution in [0.25, 0.3) is 0 Å². The summed E-state index contributed by atoms with van der Waals surface area (Å²) < 4.78 is 24.2. The zero-order valence-electron chi connectivity index (χ0n) is 18.4. The highest BCUT2D eigenvalue weighted by Gasteiger charge is 2.32. The Kier molecular flexibility index (Phi) is 7.28. The second-order valence-corrected chi connectivity index (χ2v) is 8.01. The maximum absolute atomic E-state index is 13.1. The summed E-state index contributed by atoms with van der Waals surface area (Å²) in [6.07, 6.45) is 0. The van der Waals surface area contributed by atoms with Gasteiger partial charge in [-0.3, -0.25) is 14.5 Å². The number of nitrogens with zero attached hydrogens (tertiary/aromatic N) is 2. The molecule has 0 N–H and O–H groups in total. The van der Waals surface area contributed by atoms with E-state index in [0.29, 0.717) is 30.2 Å². The second-order valence-electron chi connectivity index (χ2n) is 8.01. The Labute approximate surface area is 182 Å². The number of benzene rings is 2. The SMILES string of the molecule is COc1cc(C(C)=O)ccc1OCC(=O)N1C[C@@H](C)N(Cc2ccc(F)cc2)C[C@@H]1C.